The van der Waals surface area contributed by atoms with Crippen molar-refractivity contribution in [3.8, 4) is 0 Å². The molecule has 1 unspecified atom stereocenters. The van der Waals surface area contributed by atoms with E-state index in [1.807, 2.05) is 25.1 Å². The fourth-order valence-electron chi connectivity index (χ4n) is 2.11. The number of likely N-dealkylation sites (N-methyl/N-ethyl adjacent to an activating group) is 1. The summed E-state index contributed by atoms with van der Waals surface area (Å²) in [6, 6.07) is 5.21. The van der Waals surface area contributed by atoms with Crippen molar-refractivity contribution in [2.24, 2.45) is 10.7 Å². The third-order valence-corrected chi connectivity index (χ3v) is 3.86. The lowest BCUT2D eigenvalue weighted by Gasteiger charge is -2.28. The van der Waals surface area contributed by atoms with Gasteiger partial charge in [-0.3, -0.25) is 4.99 Å². The van der Waals surface area contributed by atoms with Crippen molar-refractivity contribution in [1.29, 1.82) is 0 Å². The molecule has 1 aliphatic rings. The quantitative estimate of drug-likeness (QED) is 0.917. The summed E-state index contributed by atoms with van der Waals surface area (Å²) < 4.78 is 14.1. The monoisotopic (exact) mass is 328 g/mol. The van der Waals surface area contributed by atoms with Crippen molar-refractivity contribution in [3.63, 3.8) is 0 Å². The largest absolute Gasteiger partial charge is 0.370 e. The Kier molecular flexibility index (Phi) is 4.42. The topological polar surface area (TPSA) is 44.9 Å². The van der Waals surface area contributed by atoms with Gasteiger partial charge < -0.3 is 15.5 Å². The number of hydrogen-bond donors (Lipinski definition) is 1. The Bertz CT molecular complexity index is 490. The molecule has 0 radical (unpaired) electrons. The maximum absolute atomic E-state index is 13.6. The van der Waals surface area contributed by atoms with Crippen molar-refractivity contribution >= 4 is 21.9 Å². The Morgan fingerprint density at radius 3 is 2.89 bits per heavy atom. The molecule has 0 amide bonds. The molecule has 2 N–H and O–H groups in total. The van der Waals surface area contributed by atoms with E-state index in [0.717, 1.165) is 18.7 Å². The summed E-state index contributed by atoms with van der Waals surface area (Å²) in [6.45, 7) is 2.25. The summed E-state index contributed by atoms with van der Waals surface area (Å²) in [7, 11) is 4.02. The van der Waals surface area contributed by atoms with Crippen LogP contribution in [0.4, 0.5) is 4.39 Å². The smallest absolute Gasteiger partial charge is 0.191 e. The van der Waals surface area contributed by atoms with Crippen LogP contribution in [0.3, 0.4) is 0 Å². The summed E-state index contributed by atoms with van der Waals surface area (Å²) in [5.74, 6) is 0.283. The van der Waals surface area contributed by atoms with E-state index < -0.39 is 0 Å². The fourth-order valence-corrected chi connectivity index (χ4v) is 2.36. The molecule has 1 heterocycles. The number of benzene rings is 1. The highest BCUT2D eigenvalue weighted by atomic mass is 79.9. The van der Waals surface area contributed by atoms with Crippen LogP contribution in [0.15, 0.2) is 27.7 Å². The van der Waals surface area contributed by atoms with E-state index in [9.17, 15) is 4.39 Å². The second kappa shape index (κ2) is 5.88. The molecule has 0 aromatic heterocycles. The first-order valence-corrected chi connectivity index (χ1v) is 6.94. The minimum absolute atomic E-state index is 0.0301. The van der Waals surface area contributed by atoms with Gasteiger partial charge in [0.1, 0.15) is 5.82 Å². The van der Waals surface area contributed by atoms with Crippen molar-refractivity contribution in [2.75, 3.05) is 33.7 Å². The van der Waals surface area contributed by atoms with Crippen molar-refractivity contribution in [2.45, 2.75) is 6.04 Å². The molecule has 0 saturated carbocycles. The van der Waals surface area contributed by atoms with Gasteiger partial charge in [-0.25, -0.2) is 4.39 Å². The van der Waals surface area contributed by atoms with E-state index in [1.54, 1.807) is 12.1 Å². The highest BCUT2D eigenvalue weighted by Gasteiger charge is 2.27. The van der Waals surface area contributed by atoms with Gasteiger partial charge in [0.05, 0.1) is 17.1 Å². The fraction of sp³-hybridized carbons (Fsp3) is 0.462. The average molecular weight is 329 g/mol. The molecule has 0 fully saturated rings. The Morgan fingerprint density at radius 1 is 1.53 bits per heavy atom. The second-order valence-corrected chi connectivity index (χ2v) is 5.74. The SMILES string of the molecule is CN(C)CCN1C(N)=NCC1c1ccc(Br)c(F)c1. The van der Waals surface area contributed by atoms with E-state index >= 15 is 0 Å². The highest BCUT2D eigenvalue weighted by molar-refractivity contribution is 9.10. The molecule has 0 saturated heterocycles. The Hall–Kier alpha value is -1.14. The first-order chi connectivity index (χ1) is 8.99. The van der Waals surface area contributed by atoms with Crippen LogP contribution in [0.1, 0.15) is 11.6 Å². The predicted octanol–water partition coefficient (Wildman–Crippen LogP) is 1.82. The maximum atomic E-state index is 13.6. The zero-order valence-electron chi connectivity index (χ0n) is 11.1. The lowest BCUT2D eigenvalue weighted by atomic mass is 10.1. The lowest BCUT2D eigenvalue weighted by Crippen LogP contribution is -2.40. The van der Waals surface area contributed by atoms with Crippen molar-refractivity contribution in [1.82, 2.24) is 9.80 Å². The first kappa shape index (κ1) is 14.3. The van der Waals surface area contributed by atoms with Gasteiger partial charge in [-0.1, -0.05) is 6.07 Å². The van der Waals surface area contributed by atoms with Gasteiger partial charge in [0.25, 0.3) is 0 Å². The molecule has 2 rings (SSSR count). The van der Waals surface area contributed by atoms with Crippen molar-refractivity contribution in [3.05, 3.63) is 34.1 Å². The van der Waals surface area contributed by atoms with Gasteiger partial charge in [0.15, 0.2) is 5.96 Å². The van der Waals surface area contributed by atoms with Gasteiger partial charge in [-0.05, 0) is 47.7 Å². The second-order valence-electron chi connectivity index (χ2n) is 4.88. The average Bonchev–Trinajstić information content (AvgIpc) is 2.71. The van der Waals surface area contributed by atoms with Crippen LogP contribution in [0.5, 0.6) is 0 Å². The number of nitrogens with zero attached hydrogens (tertiary/aromatic N) is 3. The normalized spacial score (nSPS) is 19.1. The molecule has 104 valence electrons. The Labute approximate surface area is 121 Å². The molecule has 6 heteroatoms. The molecule has 0 aliphatic carbocycles. The van der Waals surface area contributed by atoms with Crippen LogP contribution in [0, 0.1) is 5.82 Å². The zero-order chi connectivity index (χ0) is 14.0. The van der Waals surface area contributed by atoms with Gasteiger partial charge in [0.2, 0.25) is 0 Å². The van der Waals surface area contributed by atoms with E-state index in [2.05, 4.69) is 25.8 Å². The van der Waals surface area contributed by atoms with Crippen LogP contribution in [0.2, 0.25) is 0 Å². The Morgan fingerprint density at radius 2 is 2.26 bits per heavy atom. The van der Waals surface area contributed by atoms with Crippen LogP contribution in [-0.4, -0.2) is 49.5 Å². The first-order valence-electron chi connectivity index (χ1n) is 6.15. The van der Waals surface area contributed by atoms with Gasteiger partial charge in [-0.2, -0.15) is 0 Å². The molecule has 1 aliphatic heterocycles. The standard InChI is InChI=1S/C13H18BrFN4/c1-18(2)5-6-19-12(8-17-13(19)16)9-3-4-10(14)11(15)7-9/h3-4,7,12H,5-6,8H2,1-2H3,(H2,16,17). The Balaban J connectivity index is 2.16. The molecule has 0 spiro atoms. The number of aliphatic imine (C=N–C) groups is 1. The van der Waals surface area contributed by atoms with E-state index in [4.69, 9.17) is 5.73 Å². The zero-order valence-corrected chi connectivity index (χ0v) is 12.7. The summed E-state index contributed by atoms with van der Waals surface area (Å²) in [6.07, 6.45) is 0. The number of nitrogens with two attached hydrogens (primary N) is 1. The number of halogens is 2. The van der Waals surface area contributed by atoms with Gasteiger partial charge in [-0.15, -0.1) is 0 Å². The summed E-state index contributed by atoms with van der Waals surface area (Å²) >= 11 is 3.17. The van der Waals surface area contributed by atoms with Crippen molar-refractivity contribution < 1.29 is 4.39 Å². The van der Waals surface area contributed by atoms with E-state index in [0.29, 0.717) is 17.0 Å². The molecule has 1 aromatic carbocycles. The van der Waals surface area contributed by atoms with Gasteiger partial charge in [0, 0.05) is 13.1 Å². The molecule has 19 heavy (non-hydrogen) atoms. The number of hydrogen-bond acceptors (Lipinski definition) is 4. The minimum atomic E-state index is -0.254. The summed E-state index contributed by atoms with van der Waals surface area (Å²) in [5.41, 5.74) is 6.82. The predicted molar refractivity (Wildman–Crippen MR) is 78.6 cm³/mol. The molecule has 1 aromatic rings. The van der Waals surface area contributed by atoms with Crippen LogP contribution < -0.4 is 5.73 Å². The minimum Gasteiger partial charge on any atom is -0.370 e. The van der Waals surface area contributed by atoms with E-state index in [-0.39, 0.29) is 11.9 Å². The molecule has 4 nitrogen and oxygen atoms in total. The van der Waals surface area contributed by atoms with Crippen LogP contribution in [0.25, 0.3) is 0 Å². The lowest BCUT2D eigenvalue weighted by molar-refractivity contribution is 0.293. The van der Waals surface area contributed by atoms with E-state index in [1.165, 1.54) is 0 Å². The van der Waals surface area contributed by atoms with Crippen LogP contribution >= 0.6 is 15.9 Å². The third kappa shape index (κ3) is 3.25. The molecular formula is C13H18BrFN4. The molecule has 0 bridgehead atoms. The highest BCUT2D eigenvalue weighted by Crippen LogP contribution is 2.27. The maximum Gasteiger partial charge on any atom is 0.191 e. The number of rotatable bonds is 4. The molecular weight excluding hydrogens is 311 g/mol. The summed E-state index contributed by atoms with van der Waals surface area (Å²) in [5, 5.41) is 0. The number of guanidine groups is 1. The van der Waals surface area contributed by atoms with Gasteiger partial charge >= 0.3 is 0 Å². The summed E-state index contributed by atoms with van der Waals surface area (Å²) in [4.78, 5) is 8.39. The molecule has 1 atom stereocenters. The third-order valence-electron chi connectivity index (χ3n) is 3.21. The van der Waals surface area contributed by atoms with Crippen LogP contribution in [-0.2, 0) is 0 Å².